The maximum absolute atomic E-state index is 5.68. The van der Waals surface area contributed by atoms with Crippen molar-refractivity contribution < 1.29 is 0 Å². The molecule has 3 heterocycles. The summed E-state index contributed by atoms with van der Waals surface area (Å²) in [6, 6.07) is 11.8. The van der Waals surface area contributed by atoms with E-state index in [1.54, 1.807) is 35.3 Å². The molecule has 3 aliphatic rings. The molecule has 1 aromatic rings. The fourth-order valence-electron chi connectivity index (χ4n) is 3.77. The van der Waals surface area contributed by atoms with Crippen LogP contribution in [0.3, 0.4) is 0 Å². The molecule has 35 heavy (non-hydrogen) atoms. The minimum atomic E-state index is 0.349. The van der Waals surface area contributed by atoms with E-state index in [0.717, 1.165) is 52.8 Å². The molecule has 0 saturated carbocycles. The Bertz CT molecular complexity index is 817. The lowest BCUT2D eigenvalue weighted by Gasteiger charge is -2.11. The van der Waals surface area contributed by atoms with Crippen molar-refractivity contribution in [3.05, 3.63) is 35.9 Å². The van der Waals surface area contributed by atoms with Gasteiger partial charge in [0.05, 0.1) is 18.1 Å². The zero-order chi connectivity index (χ0) is 25.5. The van der Waals surface area contributed by atoms with Crippen LogP contribution in [0.4, 0.5) is 0 Å². The average Bonchev–Trinajstić information content (AvgIpc) is 3.54. The van der Waals surface area contributed by atoms with Crippen molar-refractivity contribution in [2.24, 2.45) is 37.9 Å². The van der Waals surface area contributed by atoms with Crippen molar-refractivity contribution in [2.45, 2.75) is 82.2 Å². The Labute approximate surface area is 224 Å². The first-order valence-corrected chi connectivity index (χ1v) is 15.4. The maximum atomic E-state index is 5.68. The number of nitrogens with two attached hydrogens (primary N) is 4. The zero-order valence-corrected chi connectivity index (χ0v) is 23.6. The molecule has 0 unspecified atom stereocenters. The van der Waals surface area contributed by atoms with E-state index in [4.69, 9.17) is 22.9 Å². The molecule has 0 spiro atoms. The lowest BCUT2D eigenvalue weighted by molar-refractivity contribution is 0.614. The summed E-state index contributed by atoms with van der Waals surface area (Å²) in [5, 5.41) is 2.78. The number of thioether (sulfide) groups is 3. The highest BCUT2D eigenvalue weighted by molar-refractivity contribution is 8.14. The van der Waals surface area contributed by atoms with Gasteiger partial charge in [0.2, 0.25) is 0 Å². The number of nitrogens with zero attached hydrogens (tertiary/aromatic N) is 3. The Morgan fingerprint density at radius 2 is 1.43 bits per heavy atom. The monoisotopic (exact) mass is 537 g/mol. The Morgan fingerprint density at radius 3 is 1.89 bits per heavy atom. The number of amidine groups is 3. The van der Waals surface area contributed by atoms with Crippen LogP contribution in [0.25, 0.3) is 0 Å². The molecule has 196 valence electrons. The summed E-state index contributed by atoms with van der Waals surface area (Å²) in [6.07, 6.45) is 8.18. The largest absolute Gasteiger partial charge is 0.379 e. The summed E-state index contributed by atoms with van der Waals surface area (Å²) < 4.78 is 0. The number of benzene rings is 1. The molecule has 0 fully saturated rings. The van der Waals surface area contributed by atoms with Gasteiger partial charge in [-0.25, -0.2) is 0 Å². The first kappa shape index (κ1) is 29.9. The molecule has 0 amide bonds. The van der Waals surface area contributed by atoms with Gasteiger partial charge in [-0.1, -0.05) is 98.7 Å². The molecule has 10 heteroatoms. The van der Waals surface area contributed by atoms with Gasteiger partial charge in [-0.15, -0.1) is 0 Å². The Kier molecular flexibility index (Phi) is 14.6. The Hall–Kier alpha value is -1.36. The predicted molar refractivity (Wildman–Crippen MR) is 161 cm³/mol. The molecule has 0 saturated heterocycles. The molecule has 0 radical (unpaired) electrons. The number of hydrogen-bond acceptors (Lipinski definition) is 10. The van der Waals surface area contributed by atoms with E-state index in [9.17, 15) is 0 Å². The van der Waals surface area contributed by atoms with Gasteiger partial charge in [-0.05, 0) is 37.8 Å². The minimum absolute atomic E-state index is 0.349. The van der Waals surface area contributed by atoms with Crippen LogP contribution in [0.2, 0.25) is 0 Å². The summed E-state index contributed by atoms with van der Waals surface area (Å²) in [7, 11) is 0. The third-order valence-electron chi connectivity index (χ3n) is 5.78. The summed E-state index contributed by atoms with van der Waals surface area (Å²) in [4.78, 5) is 13.0. The fourth-order valence-corrected chi connectivity index (χ4v) is 6.31. The highest BCUT2D eigenvalue weighted by Crippen LogP contribution is 2.26. The summed E-state index contributed by atoms with van der Waals surface area (Å²) >= 11 is 5.02. The molecule has 0 aromatic heterocycles. The van der Waals surface area contributed by atoms with Crippen molar-refractivity contribution in [3.63, 3.8) is 0 Å². The van der Waals surface area contributed by atoms with E-state index in [0.29, 0.717) is 23.4 Å². The van der Waals surface area contributed by atoms with Crippen molar-refractivity contribution >= 4 is 50.8 Å². The average molecular weight is 538 g/mol. The fraction of sp³-hybridized carbons (Fsp3) is 0.640. The van der Waals surface area contributed by atoms with Crippen LogP contribution < -0.4 is 22.9 Å². The summed E-state index contributed by atoms with van der Waals surface area (Å²) in [5.41, 5.74) is 23.4. The molecule has 0 bridgehead atoms. The van der Waals surface area contributed by atoms with Gasteiger partial charge in [0.1, 0.15) is 0 Å². The third kappa shape index (κ3) is 12.4. The smallest absolute Gasteiger partial charge is 0.154 e. The molecule has 4 rings (SSSR count). The second-order valence-corrected chi connectivity index (χ2v) is 12.3. The van der Waals surface area contributed by atoms with E-state index in [1.807, 2.05) is 6.07 Å². The minimum Gasteiger partial charge on any atom is -0.379 e. The van der Waals surface area contributed by atoms with Crippen molar-refractivity contribution in [1.29, 1.82) is 0 Å². The quantitative estimate of drug-likeness (QED) is 0.346. The molecule has 3 aliphatic heterocycles. The highest BCUT2D eigenvalue weighted by Gasteiger charge is 2.24. The highest BCUT2D eigenvalue weighted by atomic mass is 32.2. The first-order chi connectivity index (χ1) is 16.9. The van der Waals surface area contributed by atoms with E-state index < -0.39 is 0 Å². The molecular formula is C25H43N7S3. The third-order valence-corrected chi connectivity index (χ3v) is 8.72. The normalized spacial score (nSPS) is 25.1. The molecule has 7 nitrogen and oxygen atoms in total. The molecule has 8 N–H and O–H groups in total. The molecular weight excluding hydrogens is 495 g/mol. The topological polar surface area (TPSA) is 141 Å². The predicted octanol–water partition coefficient (Wildman–Crippen LogP) is 4.20. The molecule has 0 aliphatic carbocycles. The van der Waals surface area contributed by atoms with Gasteiger partial charge in [0.25, 0.3) is 0 Å². The number of rotatable bonds is 9. The summed E-state index contributed by atoms with van der Waals surface area (Å²) in [5.74, 6) is 2.17. The van der Waals surface area contributed by atoms with E-state index in [-0.39, 0.29) is 0 Å². The van der Waals surface area contributed by atoms with Crippen molar-refractivity contribution in [3.8, 4) is 0 Å². The van der Waals surface area contributed by atoms with Gasteiger partial charge < -0.3 is 22.9 Å². The van der Waals surface area contributed by atoms with Crippen molar-refractivity contribution in [2.75, 3.05) is 18.1 Å². The Balaban J connectivity index is 0.000000189. The first-order valence-electron chi connectivity index (χ1n) is 12.6. The molecule has 4 atom stereocenters. The van der Waals surface area contributed by atoms with Crippen molar-refractivity contribution in [1.82, 2.24) is 0 Å². The number of aliphatic imine (C=N–C) groups is 3. The van der Waals surface area contributed by atoms with Crippen LogP contribution in [0.1, 0.15) is 57.9 Å². The van der Waals surface area contributed by atoms with Crippen LogP contribution in [0.5, 0.6) is 0 Å². The van der Waals surface area contributed by atoms with Gasteiger partial charge in [-0.2, -0.15) is 0 Å². The summed E-state index contributed by atoms with van der Waals surface area (Å²) in [6.45, 7) is 5.18. The lowest BCUT2D eigenvalue weighted by atomic mass is 10.0. The second-order valence-electron chi connectivity index (χ2n) is 8.84. The maximum Gasteiger partial charge on any atom is 0.154 e. The van der Waals surface area contributed by atoms with E-state index in [1.165, 1.54) is 31.2 Å². The Morgan fingerprint density at radius 1 is 0.829 bits per heavy atom. The van der Waals surface area contributed by atoms with E-state index >= 15 is 0 Å². The van der Waals surface area contributed by atoms with Crippen LogP contribution in [-0.4, -0.2) is 56.9 Å². The van der Waals surface area contributed by atoms with Gasteiger partial charge in [0.15, 0.2) is 15.5 Å². The standard InChI is InChI=1S/C11H14N2S.C7H15N3S.C7H14N2S/c1-8-10(13-11(12)14-8)7-9-5-3-2-4-6-9;8-4-2-1-3-6-5-11-7(9)10-6;1-2-3-4-6-5-10-7(8)9-6/h2-6,8,10H,7H2,1H3,(H2,12,13);6H,1-5,8H2,(H2,9,10);6H,2-5H2,1H3,(H2,8,9)/t8-,10+;2*6-/m101/s1. The van der Waals surface area contributed by atoms with Crippen LogP contribution in [-0.2, 0) is 6.42 Å². The number of unbranched alkanes of at least 4 members (excludes halogenated alkanes) is 2. The van der Waals surface area contributed by atoms with Gasteiger partial charge >= 0.3 is 0 Å². The second kappa shape index (κ2) is 17.2. The SMILES string of the molecule is CCCC[C@@H]1CSC(N)=N1.C[C@H]1SC(N)=N[C@H]1Cc1ccccc1.NCCCC[C@H]1CSC(N)=N1. The zero-order valence-electron chi connectivity index (χ0n) is 21.1. The van der Waals surface area contributed by atoms with Gasteiger partial charge in [0, 0.05) is 16.8 Å². The van der Waals surface area contributed by atoms with Crippen LogP contribution >= 0.6 is 35.3 Å². The number of hydrogen-bond donors (Lipinski definition) is 4. The van der Waals surface area contributed by atoms with E-state index in [2.05, 4.69) is 53.1 Å². The van der Waals surface area contributed by atoms with Crippen LogP contribution in [0, 0.1) is 0 Å². The van der Waals surface area contributed by atoms with Gasteiger partial charge in [-0.3, -0.25) is 15.0 Å². The lowest BCUT2D eigenvalue weighted by Crippen LogP contribution is -2.16. The van der Waals surface area contributed by atoms with Crippen LogP contribution in [0.15, 0.2) is 45.3 Å². The molecule has 1 aromatic carbocycles.